The second-order valence-electron chi connectivity index (χ2n) is 1.95. The fourth-order valence-corrected chi connectivity index (χ4v) is 1.18. The Hall–Kier alpha value is -0.540. The molecule has 0 bridgehead atoms. The van der Waals surface area contributed by atoms with Crippen LogP contribution in [0.4, 0.5) is 0 Å². The lowest BCUT2D eigenvalue weighted by molar-refractivity contribution is 0.315. The van der Waals surface area contributed by atoms with Gasteiger partial charge in [0.1, 0.15) is 5.75 Å². The smallest absolute Gasteiger partial charge is 0.129 e. The first kappa shape index (κ1) is 7.57. The second kappa shape index (κ2) is 4.30. The van der Waals surface area contributed by atoms with E-state index in [-0.39, 0.29) is 0 Å². The summed E-state index contributed by atoms with van der Waals surface area (Å²) in [7, 11) is 0. The standard InChI is InChI=1S/C7H11NOS/c8-3-1-4-9-7-2-5-10-6-7/h2,5-6H,1,3-4,8H2. The molecule has 0 aromatic carbocycles. The Morgan fingerprint density at radius 1 is 1.60 bits per heavy atom. The predicted molar refractivity (Wildman–Crippen MR) is 43.5 cm³/mol. The minimum atomic E-state index is 0.699. The number of nitrogens with two attached hydrogens (primary N) is 1. The van der Waals surface area contributed by atoms with Crippen LogP contribution in [0.1, 0.15) is 6.42 Å². The molecule has 3 heteroatoms. The van der Waals surface area contributed by atoms with Gasteiger partial charge in [-0.2, -0.15) is 0 Å². The highest BCUT2D eigenvalue weighted by Gasteiger charge is 1.90. The molecule has 2 nitrogen and oxygen atoms in total. The maximum atomic E-state index is 5.32. The summed E-state index contributed by atoms with van der Waals surface area (Å²) in [6.45, 7) is 1.43. The Labute approximate surface area is 64.6 Å². The Balaban J connectivity index is 2.15. The molecule has 1 rings (SSSR count). The van der Waals surface area contributed by atoms with Crippen LogP contribution in [0.5, 0.6) is 5.75 Å². The molecule has 0 atom stereocenters. The van der Waals surface area contributed by atoms with Crippen molar-refractivity contribution in [1.82, 2.24) is 0 Å². The summed E-state index contributed by atoms with van der Waals surface area (Å²) in [5.41, 5.74) is 5.29. The van der Waals surface area contributed by atoms with Crippen molar-refractivity contribution in [3.8, 4) is 5.75 Å². The van der Waals surface area contributed by atoms with Gasteiger partial charge in [0.25, 0.3) is 0 Å². The fourth-order valence-electron chi connectivity index (χ4n) is 0.607. The Morgan fingerprint density at radius 2 is 2.50 bits per heavy atom. The molecule has 0 saturated heterocycles. The van der Waals surface area contributed by atoms with E-state index in [1.54, 1.807) is 11.3 Å². The van der Waals surface area contributed by atoms with Crippen LogP contribution < -0.4 is 10.5 Å². The molecule has 0 radical (unpaired) electrons. The van der Waals surface area contributed by atoms with E-state index in [4.69, 9.17) is 10.5 Å². The Kier molecular flexibility index (Phi) is 3.26. The van der Waals surface area contributed by atoms with Crippen molar-refractivity contribution < 1.29 is 4.74 Å². The van der Waals surface area contributed by atoms with E-state index < -0.39 is 0 Å². The monoisotopic (exact) mass is 157 g/mol. The van der Waals surface area contributed by atoms with Crippen molar-refractivity contribution in [3.05, 3.63) is 16.8 Å². The zero-order chi connectivity index (χ0) is 7.23. The van der Waals surface area contributed by atoms with Gasteiger partial charge in [0.05, 0.1) is 6.61 Å². The minimum absolute atomic E-state index is 0.699. The Morgan fingerprint density at radius 3 is 3.10 bits per heavy atom. The highest BCUT2D eigenvalue weighted by molar-refractivity contribution is 7.08. The first-order valence-electron chi connectivity index (χ1n) is 3.28. The molecule has 0 spiro atoms. The van der Waals surface area contributed by atoms with Crippen molar-refractivity contribution >= 4 is 11.3 Å². The molecule has 0 aliphatic carbocycles. The quantitative estimate of drug-likeness (QED) is 0.672. The van der Waals surface area contributed by atoms with Crippen LogP contribution in [0, 0.1) is 0 Å². The van der Waals surface area contributed by atoms with E-state index in [2.05, 4.69) is 0 Å². The topological polar surface area (TPSA) is 35.2 Å². The molecule has 56 valence electrons. The molecule has 0 amide bonds. The van der Waals surface area contributed by atoms with Gasteiger partial charge >= 0.3 is 0 Å². The molecule has 0 aliphatic heterocycles. The number of rotatable bonds is 4. The van der Waals surface area contributed by atoms with Crippen LogP contribution in [0.25, 0.3) is 0 Å². The van der Waals surface area contributed by atoms with Gasteiger partial charge in [0, 0.05) is 5.38 Å². The van der Waals surface area contributed by atoms with Gasteiger partial charge in [-0.15, -0.1) is 11.3 Å². The molecule has 0 aliphatic rings. The van der Waals surface area contributed by atoms with Crippen LogP contribution in [0.15, 0.2) is 16.8 Å². The molecular formula is C7H11NOS. The third-order valence-corrected chi connectivity index (χ3v) is 1.77. The lowest BCUT2D eigenvalue weighted by atomic mass is 10.5. The van der Waals surface area contributed by atoms with E-state index in [0.29, 0.717) is 6.54 Å². The molecule has 1 heterocycles. The molecule has 0 saturated carbocycles. The Bertz CT molecular complexity index is 162. The zero-order valence-electron chi connectivity index (χ0n) is 5.75. The highest BCUT2D eigenvalue weighted by atomic mass is 32.1. The summed E-state index contributed by atoms with van der Waals surface area (Å²) in [4.78, 5) is 0. The summed E-state index contributed by atoms with van der Waals surface area (Å²) < 4.78 is 5.32. The van der Waals surface area contributed by atoms with E-state index in [1.165, 1.54) is 0 Å². The van der Waals surface area contributed by atoms with Gasteiger partial charge in [-0.1, -0.05) is 0 Å². The summed E-state index contributed by atoms with van der Waals surface area (Å²) in [6.07, 6.45) is 0.926. The van der Waals surface area contributed by atoms with Gasteiger partial charge in [-0.3, -0.25) is 0 Å². The summed E-state index contributed by atoms with van der Waals surface area (Å²) in [6, 6.07) is 1.96. The normalized spacial score (nSPS) is 9.70. The van der Waals surface area contributed by atoms with Crippen LogP contribution in [0.2, 0.25) is 0 Å². The summed E-state index contributed by atoms with van der Waals surface area (Å²) in [5, 5.41) is 3.98. The highest BCUT2D eigenvalue weighted by Crippen LogP contribution is 2.14. The molecule has 10 heavy (non-hydrogen) atoms. The third kappa shape index (κ3) is 2.37. The number of thiophene rings is 1. The SMILES string of the molecule is NCCCOc1ccsc1. The van der Waals surface area contributed by atoms with Crippen molar-refractivity contribution in [3.63, 3.8) is 0 Å². The number of hydrogen-bond donors (Lipinski definition) is 1. The lowest BCUT2D eigenvalue weighted by Gasteiger charge is -1.99. The first-order chi connectivity index (χ1) is 4.93. The molecular weight excluding hydrogens is 146 g/mol. The van der Waals surface area contributed by atoms with Gasteiger partial charge in [-0.25, -0.2) is 0 Å². The lowest BCUT2D eigenvalue weighted by Crippen LogP contribution is -2.05. The van der Waals surface area contributed by atoms with Crippen LogP contribution in [-0.2, 0) is 0 Å². The summed E-state index contributed by atoms with van der Waals surface area (Å²) in [5.74, 6) is 0.957. The molecule has 1 aromatic heterocycles. The van der Waals surface area contributed by atoms with E-state index in [0.717, 1.165) is 18.8 Å². The maximum absolute atomic E-state index is 5.32. The second-order valence-corrected chi connectivity index (χ2v) is 2.73. The zero-order valence-corrected chi connectivity index (χ0v) is 6.56. The molecule has 0 unspecified atom stereocenters. The average Bonchev–Trinajstić information content (AvgIpc) is 2.41. The maximum Gasteiger partial charge on any atom is 0.129 e. The van der Waals surface area contributed by atoms with Crippen molar-refractivity contribution in [2.75, 3.05) is 13.2 Å². The summed E-state index contributed by atoms with van der Waals surface area (Å²) >= 11 is 1.64. The van der Waals surface area contributed by atoms with Crippen molar-refractivity contribution in [2.45, 2.75) is 6.42 Å². The number of hydrogen-bond acceptors (Lipinski definition) is 3. The number of ether oxygens (including phenoxy) is 1. The third-order valence-electron chi connectivity index (χ3n) is 1.11. The van der Waals surface area contributed by atoms with Crippen LogP contribution in [0.3, 0.4) is 0 Å². The molecule has 0 fully saturated rings. The van der Waals surface area contributed by atoms with Crippen LogP contribution >= 0.6 is 11.3 Å². The van der Waals surface area contributed by atoms with Gasteiger partial charge in [0.15, 0.2) is 0 Å². The van der Waals surface area contributed by atoms with E-state index in [1.807, 2.05) is 16.8 Å². The molecule has 2 N–H and O–H groups in total. The van der Waals surface area contributed by atoms with Gasteiger partial charge in [0.2, 0.25) is 0 Å². The molecule has 1 aromatic rings. The van der Waals surface area contributed by atoms with E-state index >= 15 is 0 Å². The van der Waals surface area contributed by atoms with Crippen molar-refractivity contribution in [1.29, 1.82) is 0 Å². The van der Waals surface area contributed by atoms with Crippen molar-refractivity contribution in [2.24, 2.45) is 5.73 Å². The largest absolute Gasteiger partial charge is 0.493 e. The predicted octanol–water partition coefficient (Wildman–Crippen LogP) is 1.48. The minimum Gasteiger partial charge on any atom is -0.493 e. The van der Waals surface area contributed by atoms with Gasteiger partial charge < -0.3 is 10.5 Å². The first-order valence-corrected chi connectivity index (χ1v) is 4.23. The average molecular weight is 157 g/mol. The van der Waals surface area contributed by atoms with Crippen LogP contribution in [-0.4, -0.2) is 13.2 Å². The fraction of sp³-hybridized carbons (Fsp3) is 0.429. The van der Waals surface area contributed by atoms with Gasteiger partial charge in [-0.05, 0) is 24.4 Å². The van der Waals surface area contributed by atoms with E-state index in [9.17, 15) is 0 Å².